The Bertz CT molecular complexity index is 1360. The molecule has 0 saturated heterocycles. The minimum atomic E-state index is -4.81. The van der Waals surface area contributed by atoms with Crippen molar-refractivity contribution in [2.75, 3.05) is 0 Å². The van der Waals surface area contributed by atoms with Crippen molar-refractivity contribution >= 4 is 20.4 Å². The molecule has 0 bridgehead atoms. The molecular formula is C24H18F2O5S2. The standard InChI is InChI=1S/C24H18F2O5S2/c25-17-11-13-23(21(26)15-17)33(29,30)31-32(19-7-3-1-4-8-19,20-9-5-2-6-10-20)24-14-12-18(27)16-22(24)28/h1-16,27-28H. The largest absolute Gasteiger partial charge is 0.508 e. The molecule has 4 aromatic rings. The molecule has 4 aromatic carbocycles. The Kier molecular flexibility index (Phi) is 6.11. The van der Waals surface area contributed by atoms with Crippen molar-refractivity contribution in [1.29, 1.82) is 0 Å². The smallest absolute Gasteiger partial charge is 0.310 e. The number of rotatable bonds is 6. The third-order valence-corrected chi connectivity index (χ3v) is 10.00. The fraction of sp³-hybridized carbons (Fsp3) is 0. The molecule has 0 fully saturated rings. The number of phenols is 2. The van der Waals surface area contributed by atoms with Gasteiger partial charge in [-0.3, -0.25) is 0 Å². The van der Waals surface area contributed by atoms with Crippen LogP contribution in [-0.4, -0.2) is 18.6 Å². The quantitative estimate of drug-likeness (QED) is 0.349. The van der Waals surface area contributed by atoms with E-state index in [9.17, 15) is 27.4 Å². The average Bonchev–Trinajstić information content (AvgIpc) is 2.79. The van der Waals surface area contributed by atoms with Crippen LogP contribution in [0.2, 0.25) is 0 Å². The van der Waals surface area contributed by atoms with Crippen LogP contribution in [0.5, 0.6) is 11.5 Å². The molecule has 0 amide bonds. The summed E-state index contributed by atoms with van der Waals surface area (Å²) in [5.74, 6) is -2.89. The van der Waals surface area contributed by atoms with Crippen molar-refractivity contribution < 1.29 is 31.0 Å². The number of hydrogen-bond acceptors (Lipinski definition) is 5. The topological polar surface area (TPSA) is 83.8 Å². The molecule has 0 saturated carbocycles. The molecule has 0 aromatic heterocycles. The second-order valence-corrected chi connectivity index (χ2v) is 11.3. The van der Waals surface area contributed by atoms with Crippen molar-refractivity contribution in [3.63, 3.8) is 0 Å². The van der Waals surface area contributed by atoms with Crippen molar-refractivity contribution in [1.82, 2.24) is 0 Å². The highest BCUT2D eigenvalue weighted by Crippen LogP contribution is 2.72. The van der Waals surface area contributed by atoms with Gasteiger partial charge in [0.2, 0.25) is 0 Å². The summed E-state index contributed by atoms with van der Waals surface area (Å²) in [6.07, 6.45) is 0. The van der Waals surface area contributed by atoms with Gasteiger partial charge in [-0.2, -0.15) is 8.42 Å². The minimum Gasteiger partial charge on any atom is -0.508 e. The SMILES string of the molecule is O=S(=O)(OS(c1ccccc1)(c1ccccc1)c1ccc(O)cc1O)c1ccc(F)cc1F. The highest BCUT2D eigenvalue weighted by molar-refractivity contribution is 8.33. The number of halogens is 2. The summed E-state index contributed by atoms with van der Waals surface area (Å²) < 4.78 is 60.5. The third-order valence-electron chi connectivity index (χ3n) is 4.76. The Morgan fingerprint density at radius 1 is 0.667 bits per heavy atom. The van der Waals surface area contributed by atoms with Gasteiger partial charge in [0.15, 0.2) is 0 Å². The first kappa shape index (κ1) is 22.8. The van der Waals surface area contributed by atoms with Crippen LogP contribution in [0.25, 0.3) is 0 Å². The van der Waals surface area contributed by atoms with E-state index in [0.29, 0.717) is 15.9 Å². The van der Waals surface area contributed by atoms with E-state index in [-0.39, 0.29) is 10.6 Å². The highest BCUT2D eigenvalue weighted by Gasteiger charge is 2.40. The second kappa shape index (κ2) is 8.86. The number of hydrogen-bond donors (Lipinski definition) is 2. The minimum absolute atomic E-state index is 0.0730. The highest BCUT2D eigenvalue weighted by atomic mass is 32.3. The third kappa shape index (κ3) is 4.30. The van der Waals surface area contributed by atoms with Crippen molar-refractivity contribution in [3.05, 3.63) is 109 Å². The summed E-state index contributed by atoms with van der Waals surface area (Å²) in [5.41, 5.74) is 0. The summed E-state index contributed by atoms with van der Waals surface area (Å²) >= 11 is 0. The average molecular weight is 489 g/mol. The summed E-state index contributed by atoms with van der Waals surface area (Å²) in [4.78, 5) is 0.0151. The maximum Gasteiger partial charge on any atom is 0.310 e. The van der Waals surface area contributed by atoms with E-state index in [4.69, 9.17) is 3.63 Å². The van der Waals surface area contributed by atoms with Gasteiger partial charge in [0.25, 0.3) is 0 Å². The lowest BCUT2D eigenvalue weighted by molar-refractivity contribution is 0.439. The van der Waals surface area contributed by atoms with Crippen LogP contribution in [0.4, 0.5) is 8.78 Å². The van der Waals surface area contributed by atoms with Crippen LogP contribution in [0.15, 0.2) is 117 Å². The fourth-order valence-corrected chi connectivity index (χ4v) is 8.62. The Labute approximate surface area is 191 Å². The maximum absolute atomic E-state index is 14.5. The molecule has 9 heteroatoms. The van der Waals surface area contributed by atoms with Gasteiger partial charge in [-0.15, -0.1) is 0 Å². The number of benzene rings is 4. The first-order valence-electron chi connectivity index (χ1n) is 9.61. The fourth-order valence-electron chi connectivity index (χ4n) is 3.33. The zero-order chi connectivity index (χ0) is 23.6. The van der Waals surface area contributed by atoms with Crippen LogP contribution in [0, 0.1) is 11.6 Å². The molecule has 0 aliphatic carbocycles. The summed E-state index contributed by atoms with van der Waals surface area (Å²) in [7, 11) is -8.04. The normalized spacial score (nSPS) is 12.4. The van der Waals surface area contributed by atoms with Crippen molar-refractivity contribution in [2.24, 2.45) is 0 Å². The lowest BCUT2D eigenvalue weighted by atomic mass is 10.3. The van der Waals surface area contributed by atoms with Crippen molar-refractivity contribution in [2.45, 2.75) is 19.6 Å². The van der Waals surface area contributed by atoms with Crippen LogP contribution < -0.4 is 0 Å². The van der Waals surface area contributed by atoms with Gasteiger partial charge < -0.3 is 10.2 Å². The van der Waals surface area contributed by atoms with Crippen LogP contribution in [0.1, 0.15) is 0 Å². The molecular weight excluding hydrogens is 470 g/mol. The first-order valence-corrected chi connectivity index (χ1v) is 12.6. The maximum atomic E-state index is 14.5. The molecule has 0 aliphatic heterocycles. The molecule has 170 valence electrons. The van der Waals surface area contributed by atoms with Crippen molar-refractivity contribution in [3.8, 4) is 11.5 Å². The molecule has 0 radical (unpaired) electrons. The van der Waals surface area contributed by atoms with Gasteiger partial charge in [-0.05, 0) is 58.8 Å². The molecule has 5 nitrogen and oxygen atoms in total. The predicted molar refractivity (Wildman–Crippen MR) is 120 cm³/mol. The van der Waals surface area contributed by atoms with E-state index >= 15 is 0 Å². The Balaban J connectivity index is 2.06. The monoisotopic (exact) mass is 488 g/mol. The molecule has 0 spiro atoms. The number of aromatic hydroxyl groups is 2. The lowest BCUT2D eigenvalue weighted by Crippen LogP contribution is -2.15. The number of phenolic OH excluding ortho intramolecular Hbond substituents is 2. The van der Waals surface area contributed by atoms with Gasteiger partial charge in [-0.25, -0.2) is 12.4 Å². The Morgan fingerprint density at radius 2 is 1.21 bits per heavy atom. The zero-order valence-electron chi connectivity index (χ0n) is 16.9. The molecule has 4 rings (SSSR count). The molecule has 0 atom stereocenters. The second-order valence-electron chi connectivity index (χ2n) is 6.93. The summed E-state index contributed by atoms with van der Waals surface area (Å²) in [6, 6.07) is 22.4. The molecule has 2 N–H and O–H groups in total. The van der Waals surface area contributed by atoms with E-state index in [1.54, 1.807) is 60.7 Å². The molecule has 0 aliphatic rings. The van der Waals surface area contributed by atoms with E-state index in [0.717, 1.165) is 18.2 Å². The molecule has 0 unspecified atom stereocenters. The lowest BCUT2D eigenvalue weighted by Gasteiger charge is -2.39. The first-order chi connectivity index (χ1) is 15.7. The van der Waals surface area contributed by atoms with Gasteiger partial charge in [0, 0.05) is 21.9 Å². The van der Waals surface area contributed by atoms with Crippen LogP contribution >= 0.6 is 10.3 Å². The Morgan fingerprint density at radius 3 is 1.73 bits per heavy atom. The van der Waals surface area contributed by atoms with E-state index < -0.39 is 42.7 Å². The zero-order valence-corrected chi connectivity index (χ0v) is 18.6. The van der Waals surface area contributed by atoms with E-state index in [1.165, 1.54) is 12.1 Å². The van der Waals surface area contributed by atoms with Gasteiger partial charge in [0.05, 0.1) is 4.90 Å². The predicted octanol–water partition coefficient (Wildman–Crippen LogP) is 5.98. The molecule has 0 heterocycles. The van der Waals surface area contributed by atoms with Gasteiger partial charge in [-0.1, -0.05) is 36.4 Å². The van der Waals surface area contributed by atoms with E-state index in [2.05, 4.69) is 0 Å². The Hall–Kier alpha value is -3.40. The van der Waals surface area contributed by atoms with E-state index in [1.807, 2.05) is 0 Å². The van der Waals surface area contributed by atoms with Gasteiger partial charge >= 0.3 is 10.1 Å². The summed E-state index contributed by atoms with van der Waals surface area (Å²) in [6.45, 7) is 0. The van der Waals surface area contributed by atoms with Gasteiger partial charge in [0.1, 0.15) is 28.0 Å². The summed E-state index contributed by atoms with van der Waals surface area (Å²) in [5, 5.41) is 20.6. The molecule has 33 heavy (non-hydrogen) atoms. The van der Waals surface area contributed by atoms with Crippen LogP contribution in [-0.2, 0) is 13.7 Å². The van der Waals surface area contributed by atoms with Crippen LogP contribution in [0.3, 0.4) is 0 Å².